The van der Waals surface area contributed by atoms with Crippen molar-refractivity contribution in [2.24, 2.45) is 0 Å². The Bertz CT molecular complexity index is 477. The van der Waals surface area contributed by atoms with Gasteiger partial charge in [-0.25, -0.2) is 4.39 Å². The van der Waals surface area contributed by atoms with E-state index in [0.717, 1.165) is 37.8 Å². The number of nitrogens with two attached hydrogens (primary N) is 1. The monoisotopic (exact) mass is 290 g/mol. The Kier molecular flexibility index (Phi) is 4.27. The average Bonchev–Trinajstić information content (AvgIpc) is 2.84. The second kappa shape index (κ2) is 5.78. The molecule has 0 unspecified atom stereocenters. The van der Waals surface area contributed by atoms with Crippen LogP contribution in [-0.2, 0) is 0 Å². The highest BCUT2D eigenvalue weighted by molar-refractivity contribution is 5.69. The van der Waals surface area contributed by atoms with Gasteiger partial charge in [0, 0.05) is 12.1 Å². The molecule has 1 saturated carbocycles. The van der Waals surface area contributed by atoms with Crippen LogP contribution < -0.4 is 15.8 Å². The lowest BCUT2D eigenvalue weighted by molar-refractivity contribution is -0.0521. The molecule has 0 aromatic heterocycles. The van der Waals surface area contributed by atoms with Crippen LogP contribution in [0.5, 0.6) is 5.75 Å². The molecule has 1 aromatic carbocycles. The van der Waals surface area contributed by atoms with E-state index in [0.29, 0.717) is 0 Å². The molecule has 0 spiro atoms. The second-order valence-electron chi connectivity index (χ2n) is 5.02. The molecule has 2 rings (SSSR count). The van der Waals surface area contributed by atoms with Gasteiger partial charge in [-0.15, -0.1) is 0 Å². The number of hydrogen-bond donors (Lipinski definition) is 3. The highest BCUT2D eigenvalue weighted by Gasteiger charge is 2.33. The lowest BCUT2D eigenvalue weighted by Crippen LogP contribution is -2.39. The highest BCUT2D eigenvalue weighted by Crippen LogP contribution is 2.36. The Labute approximate surface area is 114 Å². The van der Waals surface area contributed by atoms with Crippen molar-refractivity contribution in [2.45, 2.75) is 37.8 Å². The van der Waals surface area contributed by atoms with Crippen LogP contribution in [0.25, 0.3) is 0 Å². The third kappa shape index (κ3) is 3.09. The fourth-order valence-electron chi connectivity index (χ4n) is 2.52. The van der Waals surface area contributed by atoms with Crippen molar-refractivity contribution in [3.63, 3.8) is 0 Å². The summed E-state index contributed by atoms with van der Waals surface area (Å²) >= 11 is 0. The summed E-state index contributed by atoms with van der Waals surface area (Å²) in [4.78, 5) is 0. The van der Waals surface area contributed by atoms with Crippen molar-refractivity contribution < 1.29 is 23.0 Å². The van der Waals surface area contributed by atoms with Crippen LogP contribution in [0, 0.1) is 5.82 Å². The summed E-state index contributed by atoms with van der Waals surface area (Å²) in [5, 5.41) is 12.6. The summed E-state index contributed by atoms with van der Waals surface area (Å²) in [6.07, 6.45) is 3.39. The summed E-state index contributed by atoms with van der Waals surface area (Å²) < 4.78 is 42.0. The topological polar surface area (TPSA) is 67.5 Å². The minimum absolute atomic E-state index is 0.0869. The molecule has 0 bridgehead atoms. The molecule has 0 atom stereocenters. The van der Waals surface area contributed by atoms with Crippen LogP contribution in [-0.4, -0.2) is 23.9 Å². The van der Waals surface area contributed by atoms with Crippen LogP contribution in [0.3, 0.4) is 0 Å². The smallest absolute Gasteiger partial charge is 0.387 e. The zero-order chi connectivity index (χ0) is 14.8. The summed E-state index contributed by atoms with van der Waals surface area (Å²) in [6, 6.07) is 2.03. The lowest BCUT2D eigenvalue weighted by Gasteiger charge is -2.30. The Hall–Kier alpha value is -1.63. The molecular formula is C13H17F3N2O2. The summed E-state index contributed by atoms with van der Waals surface area (Å²) in [5.74, 6) is -1.51. The fraction of sp³-hybridized carbons (Fsp3) is 0.538. The standard InChI is InChI=1S/C13H17F3N2O2/c14-8-5-9(17)10(6-11(8)20-12(15)16)18-13(7-19)3-1-2-4-13/h5-6,12,18-19H,1-4,7,17H2. The Morgan fingerprint density at radius 3 is 2.55 bits per heavy atom. The van der Waals surface area contributed by atoms with Crippen LogP contribution in [0.1, 0.15) is 25.7 Å². The summed E-state index contributed by atoms with van der Waals surface area (Å²) in [5.41, 5.74) is 5.53. The van der Waals surface area contributed by atoms with E-state index in [-0.39, 0.29) is 18.0 Å². The van der Waals surface area contributed by atoms with Gasteiger partial charge in [-0.3, -0.25) is 0 Å². The number of aliphatic hydroxyl groups is 1. The van der Waals surface area contributed by atoms with Crippen LogP contribution >= 0.6 is 0 Å². The summed E-state index contributed by atoms with van der Waals surface area (Å²) in [6.45, 7) is -3.21. The molecule has 112 valence electrons. The predicted molar refractivity (Wildman–Crippen MR) is 69.4 cm³/mol. The molecule has 4 nitrogen and oxygen atoms in total. The van der Waals surface area contributed by atoms with E-state index < -0.39 is 23.7 Å². The van der Waals surface area contributed by atoms with Crippen LogP contribution in [0.15, 0.2) is 12.1 Å². The van der Waals surface area contributed by atoms with E-state index in [9.17, 15) is 18.3 Å². The third-order valence-electron chi connectivity index (χ3n) is 3.58. The largest absolute Gasteiger partial charge is 0.432 e. The van der Waals surface area contributed by atoms with Gasteiger partial charge in [0.15, 0.2) is 11.6 Å². The maximum atomic E-state index is 13.5. The molecule has 4 N–H and O–H groups in total. The van der Waals surface area contributed by atoms with Gasteiger partial charge in [-0.05, 0) is 12.8 Å². The Balaban J connectivity index is 2.26. The number of ether oxygens (including phenoxy) is 1. The van der Waals surface area contributed by atoms with Gasteiger partial charge < -0.3 is 20.9 Å². The SMILES string of the molecule is Nc1cc(F)c(OC(F)F)cc1NC1(CO)CCCC1. The molecule has 7 heteroatoms. The molecule has 20 heavy (non-hydrogen) atoms. The van der Waals surface area contributed by atoms with E-state index in [1.807, 2.05) is 0 Å². The Morgan fingerprint density at radius 2 is 2.00 bits per heavy atom. The first-order chi connectivity index (χ1) is 9.46. The average molecular weight is 290 g/mol. The molecule has 0 radical (unpaired) electrons. The van der Waals surface area contributed by atoms with Crippen LogP contribution in [0.4, 0.5) is 24.5 Å². The first kappa shape index (κ1) is 14.8. The summed E-state index contributed by atoms with van der Waals surface area (Å²) in [7, 11) is 0. The number of benzene rings is 1. The molecular weight excluding hydrogens is 273 g/mol. The van der Waals surface area contributed by atoms with Crippen molar-refractivity contribution in [1.82, 2.24) is 0 Å². The quantitative estimate of drug-likeness (QED) is 0.729. The maximum Gasteiger partial charge on any atom is 0.387 e. The molecule has 1 aliphatic carbocycles. The maximum absolute atomic E-state index is 13.5. The minimum atomic E-state index is -3.11. The van der Waals surface area contributed by atoms with E-state index >= 15 is 0 Å². The number of nitrogens with one attached hydrogen (secondary N) is 1. The zero-order valence-electron chi connectivity index (χ0n) is 10.8. The minimum Gasteiger partial charge on any atom is -0.432 e. The van der Waals surface area contributed by atoms with Gasteiger partial charge in [0.25, 0.3) is 0 Å². The van der Waals surface area contributed by atoms with E-state index in [4.69, 9.17) is 5.73 Å². The lowest BCUT2D eigenvalue weighted by atomic mass is 9.98. The fourth-order valence-corrected chi connectivity index (χ4v) is 2.52. The number of rotatable bonds is 5. The van der Waals surface area contributed by atoms with Gasteiger partial charge in [0.2, 0.25) is 0 Å². The van der Waals surface area contributed by atoms with E-state index in [2.05, 4.69) is 10.1 Å². The van der Waals surface area contributed by atoms with Gasteiger partial charge in [0.1, 0.15) is 0 Å². The zero-order valence-corrected chi connectivity index (χ0v) is 10.8. The first-order valence-electron chi connectivity index (χ1n) is 6.39. The van der Waals surface area contributed by atoms with E-state index in [1.54, 1.807) is 0 Å². The van der Waals surface area contributed by atoms with Crippen molar-refractivity contribution in [3.8, 4) is 5.75 Å². The molecule has 0 saturated heterocycles. The van der Waals surface area contributed by atoms with E-state index in [1.165, 1.54) is 0 Å². The number of nitrogen functional groups attached to an aromatic ring is 1. The van der Waals surface area contributed by atoms with Crippen molar-refractivity contribution in [2.75, 3.05) is 17.7 Å². The predicted octanol–water partition coefficient (Wildman–Crippen LogP) is 2.73. The van der Waals surface area contributed by atoms with Gasteiger partial charge >= 0.3 is 6.61 Å². The number of aliphatic hydroxyl groups excluding tert-OH is 1. The molecule has 1 fully saturated rings. The van der Waals surface area contributed by atoms with Crippen molar-refractivity contribution in [1.29, 1.82) is 0 Å². The van der Waals surface area contributed by atoms with Gasteiger partial charge in [0.05, 0.1) is 23.5 Å². The second-order valence-corrected chi connectivity index (χ2v) is 5.02. The number of anilines is 2. The van der Waals surface area contributed by atoms with Gasteiger partial charge in [-0.2, -0.15) is 8.78 Å². The molecule has 0 amide bonds. The number of hydrogen-bond acceptors (Lipinski definition) is 4. The van der Waals surface area contributed by atoms with Crippen LogP contribution in [0.2, 0.25) is 0 Å². The molecule has 0 aliphatic heterocycles. The third-order valence-corrected chi connectivity index (χ3v) is 3.58. The Morgan fingerprint density at radius 1 is 1.35 bits per heavy atom. The highest BCUT2D eigenvalue weighted by atomic mass is 19.3. The number of halogens is 3. The van der Waals surface area contributed by atoms with Gasteiger partial charge in [-0.1, -0.05) is 12.8 Å². The van der Waals surface area contributed by atoms with Crippen molar-refractivity contribution in [3.05, 3.63) is 17.9 Å². The molecule has 1 aromatic rings. The molecule has 1 aliphatic rings. The number of alkyl halides is 2. The normalized spacial score (nSPS) is 17.4. The van der Waals surface area contributed by atoms with Crippen molar-refractivity contribution >= 4 is 11.4 Å². The first-order valence-corrected chi connectivity index (χ1v) is 6.39. The molecule has 0 heterocycles.